The summed E-state index contributed by atoms with van der Waals surface area (Å²) in [6.07, 6.45) is 0. The lowest BCUT2D eigenvalue weighted by molar-refractivity contribution is 0.0526. The third-order valence-corrected chi connectivity index (χ3v) is 4.32. The molecule has 128 valence electrons. The minimum atomic E-state index is -0.686. The van der Waals surface area contributed by atoms with Crippen LogP contribution in [-0.4, -0.2) is 29.0 Å². The van der Waals surface area contributed by atoms with E-state index in [1.54, 1.807) is 19.1 Å². The van der Waals surface area contributed by atoms with Crippen molar-refractivity contribution in [1.29, 1.82) is 0 Å². The molecule has 0 atom stereocenters. The van der Waals surface area contributed by atoms with Crippen LogP contribution in [0.5, 0.6) is 0 Å². The van der Waals surface area contributed by atoms with Crippen LogP contribution in [0.4, 0.5) is 5.82 Å². The van der Waals surface area contributed by atoms with Gasteiger partial charge in [0.1, 0.15) is 5.82 Å². The van der Waals surface area contributed by atoms with Crippen LogP contribution in [0.25, 0.3) is 5.69 Å². The number of ether oxygens (including phenoxy) is 1. The predicted molar refractivity (Wildman–Crippen MR) is 96.9 cm³/mol. The van der Waals surface area contributed by atoms with Crippen molar-refractivity contribution in [2.45, 2.75) is 6.92 Å². The second-order valence-electron chi connectivity index (χ2n) is 5.16. The van der Waals surface area contributed by atoms with E-state index in [4.69, 9.17) is 10.5 Å². The van der Waals surface area contributed by atoms with Gasteiger partial charge >= 0.3 is 5.97 Å². The summed E-state index contributed by atoms with van der Waals surface area (Å²) in [5.74, 6) is -2.19. The number of carbonyl (C=O) groups excluding carboxylic acids is 3. The normalized spacial score (nSPS) is 12.7. The Morgan fingerprint density at radius 2 is 1.96 bits per heavy atom. The molecule has 9 heteroatoms. The first-order valence-electron chi connectivity index (χ1n) is 7.23. The van der Waals surface area contributed by atoms with Crippen LogP contribution < -0.4 is 16.6 Å². The van der Waals surface area contributed by atoms with E-state index in [9.17, 15) is 19.2 Å². The number of rotatable bonds is 3. The summed E-state index contributed by atoms with van der Waals surface area (Å²) in [4.78, 5) is 48.4. The first kappa shape index (κ1) is 17.1. The van der Waals surface area contributed by atoms with Gasteiger partial charge in [0, 0.05) is 9.64 Å². The largest absolute Gasteiger partial charge is 0.462 e. The summed E-state index contributed by atoms with van der Waals surface area (Å²) < 4.78 is 6.81. The number of carbonyl (C=O) groups is 3. The summed E-state index contributed by atoms with van der Waals surface area (Å²) >= 11 is 2.02. The van der Waals surface area contributed by atoms with Crippen molar-refractivity contribution < 1.29 is 19.1 Å². The monoisotopic (exact) mass is 453 g/mol. The van der Waals surface area contributed by atoms with Gasteiger partial charge in [0.2, 0.25) is 0 Å². The number of amides is 2. The zero-order chi connectivity index (χ0) is 18.3. The van der Waals surface area contributed by atoms with E-state index in [1.165, 1.54) is 6.07 Å². The molecule has 3 rings (SSSR count). The predicted octanol–water partition coefficient (Wildman–Crippen LogP) is 1.08. The molecule has 2 amide bonds. The SMILES string of the molecule is CCOC(=O)c1cc(I)ccc1-n1c(N)c2c(cc1=O)C(=O)NC2=O. The molecule has 0 saturated heterocycles. The number of hydrogen-bond acceptors (Lipinski definition) is 6. The molecule has 0 bridgehead atoms. The third-order valence-electron chi connectivity index (χ3n) is 3.65. The standard InChI is InChI=1S/C16H12IN3O5/c1-2-25-16(24)8-5-7(17)3-4-10(8)20-11(21)6-9-12(13(20)18)15(23)19-14(9)22/h3-6H,2,18H2,1H3,(H,19,22,23). The molecule has 3 N–H and O–H groups in total. The van der Waals surface area contributed by atoms with Gasteiger partial charge in [-0.25, -0.2) is 4.79 Å². The van der Waals surface area contributed by atoms with Crippen molar-refractivity contribution in [2.24, 2.45) is 0 Å². The molecular weight excluding hydrogens is 441 g/mol. The minimum absolute atomic E-state index is 0.0769. The Morgan fingerprint density at radius 1 is 1.24 bits per heavy atom. The van der Waals surface area contributed by atoms with E-state index in [-0.39, 0.29) is 34.8 Å². The number of imide groups is 1. The quantitative estimate of drug-likeness (QED) is 0.408. The number of hydrogen-bond donors (Lipinski definition) is 2. The van der Waals surface area contributed by atoms with E-state index in [1.807, 2.05) is 22.6 Å². The number of aromatic nitrogens is 1. The highest BCUT2D eigenvalue weighted by Gasteiger charge is 2.32. The topological polar surface area (TPSA) is 120 Å². The number of benzene rings is 1. The fourth-order valence-electron chi connectivity index (χ4n) is 2.60. The number of anilines is 1. The highest BCUT2D eigenvalue weighted by atomic mass is 127. The Balaban J connectivity index is 2.31. The average molecular weight is 453 g/mol. The van der Waals surface area contributed by atoms with Crippen molar-refractivity contribution in [3.05, 3.63) is 54.9 Å². The average Bonchev–Trinajstić information content (AvgIpc) is 2.83. The molecule has 25 heavy (non-hydrogen) atoms. The Hall–Kier alpha value is -2.69. The molecule has 1 aromatic heterocycles. The Bertz CT molecular complexity index is 996. The summed E-state index contributed by atoms with van der Waals surface area (Å²) in [7, 11) is 0. The molecule has 0 unspecified atom stereocenters. The van der Waals surface area contributed by atoms with E-state index in [2.05, 4.69) is 5.32 Å². The second kappa shape index (κ2) is 6.31. The Labute approximate surface area is 155 Å². The van der Waals surface area contributed by atoms with Gasteiger partial charge in [0.25, 0.3) is 17.4 Å². The lowest BCUT2D eigenvalue weighted by Crippen LogP contribution is -2.26. The molecular formula is C16H12IN3O5. The molecule has 2 aromatic rings. The van der Waals surface area contributed by atoms with Crippen LogP contribution in [0.15, 0.2) is 29.1 Å². The number of nitrogens with two attached hydrogens (primary N) is 1. The lowest BCUT2D eigenvalue weighted by atomic mass is 10.1. The van der Waals surface area contributed by atoms with Gasteiger partial charge in [-0.05, 0) is 47.7 Å². The van der Waals surface area contributed by atoms with Gasteiger partial charge in [0.15, 0.2) is 0 Å². The minimum Gasteiger partial charge on any atom is -0.462 e. The molecule has 2 heterocycles. The summed E-state index contributed by atoms with van der Waals surface area (Å²) in [6, 6.07) is 5.80. The molecule has 0 fully saturated rings. The molecule has 1 aliphatic heterocycles. The summed E-state index contributed by atoms with van der Waals surface area (Å²) in [6.45, 7) is 1.83. The first-order valence-corrected chi connectivity index (χ1v) is 8.31. The number of nitrogens with zero attached hydrogens (tertiary/aromatic N) is 1. The van der Waals surface area contributed by atoms with Gasteiger partial charge in [-0.15, -0.1) is 0 Å². The maximum absolute atomic E-state index is 12.5. The van der Waals surface area contributed by atoms with Gasteiger partial charge in [-0.1, -0.05) is 0 Å². The highest BCUT2D eigenvalue weighted by Crippen LogP contribution is 2.25. The van der Waals surface area contributed by atoms with Crippen LogP contribution in [0, 0.1) is 3.57 Å². The molecule has 0 radical (unpaired) electrons. The zero-order valence-electron chi connectivity index (χ0n) is 13.0. The maximum atomic E-state index is 12.5. The second-order valence-corrected chi connectivity index (χ2v) is 6.40. The van der Waals surface area contributed by atoms with Crippen LogP contribution in [0.3, 0.4) is 0 Å². The van der Waals surface area contributed by atoms with E-state index >= 15 is 0 Å². The summed E-state index contributed by atoms with van der Waals surface area (Å²) in [5.41, 5.74) is 5.51. The molecule has 8 nitrogen and oxygen atoms in total. The van der Waals surface area contributed by atoms with Gasteiger partial charge in [-0.3, -0.25) is 24.3 Å². The van der Waals surface area contributed by atoms with Gasteiger partial charge in [-0.2, -0.15) is 0 Å². The highest BCUT2D eigenvalue weighted by molar-refractivity contribution is 14.1. The molecule has 1 aliphatic rings. The van der Waals surface area contributed by atoms with Crippen molar-refractivity contribution >= 4 is 46.2 Å². The maximum Gasteiger partial charge on any atom is 0.340 e. The van der Waals surface area contributed by atoms with Crippen molar-refractivity contribution in [2.75, 3.05) is 12.3 Å². The molecule has 0 spiro atoms. The van der Waals surface area contributed by atoms with Gasteiger partial charge in [0.05, 0.1) is 29.0 Å². The fraction of sp³-hybridized carbons (Fsp3) is 0.125. The lowest BCUT2D eigenvalue weighted by Gasteiger charge is -2.15. The molecule has 0 saturated carbocycles. The van der Waals surface area contributed by atoms with Crippen LogP contribution in [-0.2, 0) is 4.74 Å². The van der Waals surface area contributed by atoms with Crippen LogP contribution in [0.1, 0.15) is 38.0 Å². The van der Waals surface area contributed by atoms with E-state index in [0.29, 0.717) is 0 Å². The van der Waals surface area contributed by atoms with Crippen molar-refractivity contribution in [1.82, 2.24) is 9.88 Å². The van der Waals surface area contributed by atoms with E-state index < -0.39 is 23.3 Å². The Morgan fingerprint density at radius 3 is 2.64 bits per heavy atom. The number of fused-ring (bicyclic) bond motifs is 1. The van der Waals surface area contributed by atoms with Crippen molar-refractivity contribution in [3.8, 4) is 5.69 Å². The smallest absolute Gasteiger partial charge is 0.340 e. The Kier molecular flexibility index (Phi) is 4.33. The number of esters is 1. The van der Waals surface area contributed by atoms with Crippen molar-refractivity contribution in [3.63, 3.8) is 0 Å². The summed E-state index contributed by atoms with van der Waals surface area (Å²) in [5, 5.41) is 2.09. The first-order chi connectivity index (χ1) is 11.8. The molecule has 1 aromatic carbocycles. The third kappa shape index (κ3) is 2.80. The van der Waals surface area contributed by atoms with Crippen LogP contribution in [0.2, 0.25) is 0 Å². The number of halogens is 1. The van der Waals surface area contributed by atoms with E-state index in [0.717, 1.165) is 14.2 Å². The number of nitrogen functional groups attached to an aromatic ring is 1. The zero-order valence-corrected chi connectivity index (χ0v) is 15.1. The molecule has 0 aliphatic carbocycles. The number of pyridine rings is 1. The number of nitrogens with one attached hydrogen (secondary N) is 1. The fourth-order valence-corrected chi connectivity index (χ4v) is 3.09. The van der Waals surface area contributed by atoms with Crippen LogP contribution >= 0.6 is 22.6 Å². The van der Waals surface area contributed by atoms with Gasteiger partial charge < -0.3 is 10.5 Å².